The Morgan fingerprint density at radius 1 is 1.26 bits per heavy atom. The van der Waals surface area contributed by atoms with Crippen molar-refractivity contribution in [2.45, 2.75) is 12.8 Å². The molecule has 0 radical (unpaired) electrons. The van der Waals surface area contributed by atoms with Crippen LogP contribution < -0.4 is 16.4 Å². The van der Waals surface area contributed by atoms with E-state index >= 15 is 0 Å². The minimum Gasteiger partial charge on any atom is -0.382 e. The van der Waals surface area contributed by atoms with Gasteiger partial charge in [0.25, 0.3) is 5.91 Å². The van der Waals surface area contributed by atoms with Crippen molar-refractivity contribution < 1.29 is 4.79 Å². The van der Waals surface area contributed by atoms with Crippen molar-refractivity contribution in [2.24, 2.45) is 0 Å². The van der Waals surface area contributed by atoms with Gasteiger partial charge in [-0.1, -0.05) is 0 Å². The number of H-pyrrole nitrogens is 1. The maximum Gasteiger partial charge on any atom is 0.251 e. The summed E-state index contributed by atoms with van der Waals surface area (Å²) in [4.78, 5) is 27.4. The van der Waals surface area contributed by atoms with Crippen LogP contribution >= 0.6 is 0 Å². The molecule has 5 N–H and O–H groups in total. The molecule has 1 aromatic carbocycles. The molecule has 9 heteroatoms. The Labute approximate surface area is 155 Å². The molecule has 0 aliphatic heterocycles. The zero-order chi connectivity index (χ0) is 19.1. The predicted molar refractivity (Wildman–Crippen MR) is 100 cm³/mol. The highest BCUT2D eigenvalue weighted by molar-refractivity contribution is 5.94. The number of nitrogens with one attached hydrogen (secondary N) is 3. The number of aromatic nitrogens is 4. The molecule has 136 valence electrons. The Hall–Kier alpha value is -3.93. The molecule has 0 atom stereocenters. The van der Waals surface area contributed by atoms with Crippen LogP contribution in [0.5, 0.6) is 0 Å². The highest BCUT2D eigenvalue weighted by Crippen LogP contribution is 2.16. The van der Waals surface area contributed by atoms with Crippen LogP contribution in [0.15, 0.2) is 42.9 Å². The second kappa shape index (κ2) is 8.44. The number of imidazole rings is 1. The molecule has 0 aliphatic carbocycles. The number of hydrogen-bond donors (Lipinski definition) is 4. The fourth-order valence-electron chi connectivity index (χ4n) is 2.37. The van der Waals surface area contributed by atoms with E-state index in [9.17, 15) is 4.79 Å². The molecular formula is C18H18N8O. The average molecular weight is 362 g/mol. The predicted octanol–water partition coefficient (Wildman–Crippen LogP) is 1.76. The van der Waals surface area contributed by atoms with Gasteiger partial charge in [-0.05, 0) is 30.7 Å². The maximum absolute atomic E-state index is 12.2. The number of rotatable bonds is 7. The minimum atomic E-state index is -0.139. The van der Waals surface area contributed by atoms with Gasteiger partial charge < -0.3 is 21.4 Å². The number of carbonyl (C=O) groups excluding carboxylic acids is 1. The maximum atomic E-state index is 12.2. The largest absolute Gasteiger partial charge is 0.382 e. The summed E-state index contributed by atoms with van der Waals surface area (Å²) >= 11 is 0. The molecule has 0 saturated heterocycles. The average Bonchev–Trinajstić information content (AvgIpc) is 3.19. The lowest BCUT2D eigenvalue weighted by Crippen LogP contribution is -2.24. The smallest absolute Gasteiger partial charge is 0.251 e. The fourth-order valence-corrected chi connectivity index (χ4v) is 2.37. The molecule has 2 aromatic heterocycles. The van der Waals surface area contributed by atoms with E-state index in [4.69, 9.17) is 11.0 Å². The van der Waals surface area contributed by atoms with Gasteiger partial charge in [0, 0.05) is 36.6 Å². The number of amides is 1. The molecule has 0 bridgehead atoms. The SMILES string of the molecule is N#Cc1cnc(Nc2ccc(C(=O)NCCCc3ncc[nH]3)cc2)nc1N. The van der Waals surface area contributed by atoms with E-state index in [1.54, 1.807) is 36.7 Å². The molecule has 0 spiro atoms. The van der Waals surface area contributed by atoms with Crippen LogP contribution in [0.3, 0.4) is 0 Å². The molecule has 27 heavy (non-hydrogen) atoms. The monoisotopic (exact) mass is 362 g/mol. The van der Waals surface area contributed by atoms with Crippen molar-refractivity contribution in [1.82, 2.24) is 25.3 Å². The van der Waals surface area contributed by atoms with Crippen molar-refractivity contribution in [1.29, 1.82) is 5.26 Å². The van der Waals surface area contributed by atoms with Crippen molar-refractivity contribution in [3.63, 3.8) is 0 Å². The summed E-state index contributed by atoms with van der Waals surface area (Å²) in [5.41, 5.74) is 7.14. The highest BCUT2D eigenvalue weighted by atomic mass is 16.1. The Kier molecular flexibility index (Phi) is 5.59. The summed E-state index contributed by atoms with van der Waals surface area (Å²) in [5, 5.41) is 14.7. The number of benzene rings is 1. The Bertz CT molecular complexity index is 944. The van der Waals surface area contributed by atoms with E-state index in [0.29, 0.717) is 17.8 Å². The number of aryl methyl sites for hydroxylation is 1. The lowest BCUT2D eigenvalue weighted by atomic mass is 10.2. The summed E-state index contributed by atoms with van der Waals surface area (Å²) in [6, 6.07) is 8.81. The first kappa shape index (κ1) is 17.9. The number of aromatic amines is 1. The van der Waals surface area contributed by atoms with E-state index < -0.39 is 0 Å². The van der Waals surface area contributed by atoms with Crippen LogP contribution in [0.1, 0.15) is 28.2 Å². The van der Waals surface area contributed by atoms with E-state index in [1.807, 2.05) is 6.07 Å². The third kappa shape index (κ3) is 4.79. The van der Waals surface area contributed by atoms with Crippen molar-refractivity contribution in [3.8, 4) is 6.07 Å². The van der Waals surface area contributed by atoms with E-state index in [0.717, 1.165) is 18.7 Å². The van der Waals surface area contributed by atoms with Crippen LogP contribution in [0.2, 0.25) is 0 Å². The van der Waals surface area contributed by atoms with Crippen molar-refractivity contribution >= 4 is 23.4 Å². The molecule has 1 amide bonds. The Morgan fingerprint density at radius 3 is 2.74 bits per heavy atom. The van der Waals surface area contributed by atoms with Gasteiger partial charge in [-0.2, -0.15) is 10.2 Å². The molecular weight excluding hydrogens is 344 g/mol. The van der Waals surface area contributed by atoms with Gasteiger partial charge in [0.15, 0.2) is 0 Å². The Morgan fingerprint density at radius 2 is 2.07 bits per heavy atom. The first-order valence-electron chi connectivity index (χ1n) is 8.32. The van der Waals surface area contributed by atoms with E-state index in [-0.39, 0.29) is 23.2 Å². The first-order valence-corrected chi connectivity index (χ1v) is 8.32. The molecule has 0 aliphatic rings. The molecule has 9 nitrogen and oxygen atoms in total. The van der Waals surface area contributed by atoms with Crippen molar-refractivity contribution in [3.05, 3.63) is 59.8 Å². The molecule has 2 heterocycles. The molecule has 3 rings (SSSR count). The van der Waals surface area contributed by atoms with Gasteiger partial charge in [-0.3, -0.25) is 4.79 Å². The summed E-state index contributed by atoms with van der Waals surface area (Å²) in [5.74, 6) is 1.16. The van der Waals surface area contributed by atoms with Gasteiger partial charge in [-0.25, -0.2) is 9.97 Å². The zero-order valence-electron chi connectivity index (χ0n) is 14.4. The zero-order valence-corrected chi connectivity index (χ0v) is 14.4. The number of nitriles is 1. The van der Waals surface area contributed by atoms with Gasteiger partial charge >= 0.3 is 0 Å². The van der Waals surface area contributed by atoms with Crippen LogP contribution in [-0.2, 0) is 6.42 Å². The number of nitrogen functional groups attached to an aromatic ring is 1. The quantitative estimate of drug-likeness (QED) is 0.468. The van der Waals surface area contributed by atoms with Gasteiger partial charge in [0.2, 0.25) is 5.95 Å². The molecule has 3 aromatic rings. The molecule has 0 saturated carbocycles. The second-order valence-corrected chi connectivity index (χ2v) is 5.70. The van der Waals surface area contributed by atoms with Crippen LogP contribution in [0.4, 0.5) is 17.5 Å². The summed E-state index contributed by atoms with van der Waals surface area (Å²) in [6.07, 6.45) is 6.43. The minimum absolute atomic E-state index is 0.112. The second-order valence-electron chi connectivity index (χ2n) is 5.70. The number of anilines is 3. The number of carbonyl (C=O) groups is 1. The van der Waals surface area contributed by atoms with Gasteiger partial charge in [-0.15, -0.1) is 0 Å². The summed E-state index contributed by atoms with van der Waals surface area (Å²) in [6.45, 7) is 0.567. The Balaban J connectivity index is 1.51. The van der Waals surface area contributed by atoms with Gasteiger partial charge in [0.05, 0.1) is 6.20 Å². The number of nitrogens with two attached hydrogens (primary N) is 1. The van der Waals surface area contributed by atoms with Crippen LogP contribution in [0.25, 0.3) is 0 Å². The van der Waals surface area contributed by atoms with Gasteiger partial charge in [0.1, 0.15) is 23.3 Å². The van der Waals surface area contributed by atoms with Crippen molar-refractivity contribution in [2.75, 3.05) is 17.6 Å². The first-order chi connectivity index (χ1) is 13.2. The van der Waals surface area contributed by atoms with E-state index in [2.05, 4.69) is 30.6 Å². The lowest BCUT2D eigenvalue weighted by Gasteiger charge is -2.08. The van der Waals surface area contributed by atoms with E-state index in [1.165, 1.54) is 6.20 Å². The highest BCUT2D eigenvalue weighted by Gasteiger charge is 2.07. The number of nitrogens with zero attached hydrogens (tertiary/aromatic N) is 4. The van der Waals surface area contributed by atoms with Crippen LogP contribution in [0, 0.1) is 11.3 Å². The topological polar surface area (TPSA) is 145 Å². The molecule has 0 fully saturated rings. The normalized spacial score (nSPS) is 10.2. The summed E-state index contributed by atoms with van der Waals surface area (Å²) in [7, 11) is 0. The third-order valence-electron chi connectivity index (χ3n) is 3.77. The summed E-state index contributed by atoms with van der Waals surface area (Å²) < 4.78 is 0. The lowest BCUT2D eigenvalue weighted by molar-refractivity contribution is 0.0953. The molecule has 0 unspecified atom stereocenters. The van der Waals surface area contributed by atoms with Crippen LogP contribution in [-0.4, -0.2) is 32.4 Å². The standard InChI is InChI=1S/C18H18N8O/c19-10-13-11-24-18(26-16(13)20)25-14-5-3-12(4-6-14)17(27)23-7-1-2-15-21-8-9-22-15/h3-6,8-9,11H,1-2,7H2,(H,21,22)(H,23,27)(H3,20,24,25,26). The fraction of sp³-hybridized carbons (Fsp3) is 0.167. The third-order valence-corrected chi connectivity index (χ3v) is 3.77. The number of hydrogen-bond acceptors (Lipinski definition) is 7.